The molecule has 2 heterocycles. The third kappa shape index (κ3) is 3.87. The van der Waals surface area contributed by atoms with Gasteiger partial charge in [0.05, 0.1) is 6.61 Å². The van der Waals surface area contributed by atoms with Crippen molar-refractivity contribution >= 4 is 11.8 Å². The number of carbonyl (C=O) groups excluding carboxylic acids is 2. The van der Waals surface area contributed by atoms with Crippen LogP contribution in [-0.2, 0) is 20.7 Å². The Morgan fingerprint density at radius 2 is 1.92 bits per heavy atom. The highest BCUT2D eigenvalue weighted by Crippen LogP contribution is 2.43. The summed E-state index contributed by atoms with van der Waals surface area (Å²) in [5, 5.41) is 0. The number of aryl methyl sites for hydroxylation is 1. The second-order valence-corrected chi connectivity index (χ2v) is 7.47. The fraction of sp³-hybridized carbons (Fsp3) is 0.600. The molecule has 0 aromatic heterocycles. The Morgan fingerprint density at radius 1 is 1.20 bits per heavy atom. The van der Waals surface area contributed by atoms with Gasteiger partial charge in [-0.25, -0.2) is 0 Å². The normalized spacial score (nSPS) is 25.8. The van der Waals surface area contributed by atoms with E-state index in [2.05, 4.69) is 12.1 Å². The van der Waals surface area contributed by atoms with Crippen LogP contribution in [0, 0.1) is 11.3 Å². The molecule has 5 nitrogen and oxygen atoms in total. The van der Waals surface area contributed by atoms with Gasteiger partial charge in [0, 0.05) is 58.0 Å². The maximum Gasteiger partial charge on any atom is 0.222 e. The Bertz CT molecular complexity index is 619. The van der Waals surface area contributed by atoms with Crippen LogP contribution in [0.15, 0.2) is 30.3 Å². The standard InChI is InChI=1S/C20H28N2O3/c1-16(23)22-13-18-12-21(11-10-20(18,14-22)15-25-2)19(24)9-8-17-6-4-3-5-7-17/h3-7,18H,8-15H2,1-2H3/t18-,20+/m1/s1. The predicted molar refractivity (Wildman–Crippen MR) is 96.0 cm³/mol. The zero-order valence-electron chi connectivity index (χ0n) is 15.2. The number of carbonyl (C=O) groups is 2. The third-order valence-corrected chi connectivity index (χ3v) is 5.83. The average molecular weight is 344 g/mol. The maximum atomic E-state index is 12.7. The zero-order valence-corrected chi connectivity index (χ0v) is 15.2. The number of hydrogen-bond acceptors (Lipinski definition) is 3. The van der Waals surface area contributed by atoms with Gasteiger partial charge in [0.15, 0.2) is 0 Å². The Labute approximate surface area is 149 Å². The number of likely N-dealkylation sites (tertiary alicyclic amines) is 2. The van der Waals surface area contributed by atoms with Crippen LogP contribution in [0.3, 0.4) is 0 Å². The van der Waals surface area contributed by atoms with Gasteiger partial charge in [-0.15, -0.1) is 0 Å². The number of rotatable bonds is 5. The minimum Gasteiger partial charge on any atom is -0.384 e. The highest BCUT2D eigenvalue weighted by Gasteiger charge is 2.50. The molecule has 1 aromatic rings. The number of ether oxygens (including phenoxy) is 1. The van der Waals surface area contributed by atoms with E-state index in [0.29, 0.717) is 18.9 Å². The van der Waals surface area contributed by atoms with Crippen LogP contribution in [-0.4, -0.2) is 61.5 Å². The quantitative estimate of drug-likeness (QED) is 0.820. The lowest BCUT2D eigenvalue weighted by Gasteiger charge is -2.43. The molecule has 2 amide bonds. The molecule has 3 rings (SSSR count). The molecule has 1 aromatic carbocycles. The van der Waals surface area contributed by atoms with E-state index >= 15 is 0 Å². The smallest absolute Gasteiger partial charge is 0.222 e. The fourth-order valence-corrected chi connectivity index (χ4v) is 4.33. The molecule has 0 spiro atoms. The maximum absolute atomic E-state index is 12.7. The molecule has 0 bridgehead atoms. The molecule has 136 valence electrons. The van der Waals surface area contributed by atoms with Crippen molar-refractivity contribution in [2.24, 2.45) is 11.3 Å². The molecule has 0 radical (unpaired) electrons. The van der Waals surface area contributed by atoms with E-state index in [0.717, 1.165) is 39.0 Å². The van der Waals surface area contributed by atoms with Gasteiger partial charge < -0.3 is 14.5 Å². The van der Waals surface area contributed by atoms with Crippen molar-refractivity contribution in [3.05, 3.63) is 35.9 Å². The first-order chi connectivity index (χ1) is 12.0. The molecule has 0 aliphatic carbocycles. The van der Waals surface area contributed by atoms with Gasteiger partial charge in [-0.2, -0.15) is 0 Å². The van der Waals surface area contributed by atoms with Gasteiger partial charge in [-0.1, -0.05) is 30.3 Å². The number of nitrogens with zero attached hydrogens (tertiary/aromatic N) is 2. The first-order valence-corrected chi connectivity index (χ1v) is 9.10. The molecule has 0 N–H and O–H groups in total. The lowest BCUT2D eigenvalue weighted by molar-refractivity contribution is -0.135. The van der Waals surface area contributed by atoms with Crippen molar-refractivity contribution in [1.29, 1.82) is 0 Å². The molecule has 25 heavy (non-hydrogen) atoms. The highest BCUT2D eigenvalue weighted by atomic mass is 16.5. The van der Waals surface area contributed by atoms with Crippen LogP contribution in [0.4, 0.5) is 0 Å². The molecular formula is C20H28N2O3. The molecule has 0 unspecified atom stereocenters. The zero-order chi connectivity index (χ0) is 17.9. The Hall–Kier alpha value is -1.88. The minimum atomic E-state index is 0.0105. The van der Waals surface area contributed by atoms with E-state index in [1.165, 1.54) is 5.56 Å². The Morgan fingerprint density at radius 3 is 2.60 bits per heavy atom. The van der Waals surface area contributed by atoms with Crippen LogP contribution < -0.4 is 0 Å². The number of methoxy groups -OCH3 is 1. The van der Waals surface area contributed by atoms with Gasteiger partial charge in [-0.05, 0) is 18.4 Å². The molecule has 2 atom stereocenters. The predicted octanol–water partition coefficient (Wildman–Crippen LogP) is 1.96. The molecule has 2 aliphatic heterocycles. The average Bonchev–Trinajstić information content (AvgIpc) is 2.99. The minimum absolute atomic E-state index is 0.0105. The van der Waals surface area contributed by atoms with Crippen molar-refractivity contribution in [2.45, 2.75) is 26.2 Å². The van der Waals surface area contributed by atoms with Crippen LogP contribution in [0.25, 0.3) is 0 Å². The second kappa shape index (κ2) is 7.56. The van der Waals surface area contributed by atoms with Crippen molar-refractivity contribution in [3.8, 4) is 0 Å². The highest BCUT2D eigenvalue weighted by molar-refractivity contribution is 5.77. The van der Waals surface area contributed by atoms with Crippen molar-refractivity contribution in [1.82, 2.24) is 9.80 Å². The lowest BCUT2D eigenvalue weighted by atomic mass is 9.73. The van der Waals surface area contributed by atoms with Gasteiger partial charge in [0.2, 0.25) is 11.8 Å². The van der Waals surface area contributed by atoms with Gasteiger partial charge in [-0.3, -0.25) is 9.59 Å². The largest absolute Gasteiger partial charge is 0.384 e. The van der Waals surface area contributed by atoms with E-state index in [-0.39, 0.29) is 17.2 Å². The summed E-state index contributed by atoms with van der Waals surface area (Å²) in [5.41, 5.74) is 1.21. The van der Waals surface area contributed by atoms with Gasteiger partial charge in [0.1, 0.15) is 0 Å². The molecule has 2 aliphatic rings. The topological polar surface area (TPSA) is 49.9 Å². The number of benzene rings is 1. The SMILES string of the molecule is COC[C@@]12CCN(C(=O)CCc3ccccc3)C[C@@H]1CN(C(C)=O)C2. The van der Waals surface area contributed by atoms with Crippen LogP contribution in [0.5, 0.6) is 0 Å². The first-order valence-electron chi connectivity index (χ1n) is 9.10. The van der Waals surface area contributed by atoms with E-state index < -0.39 is 0 Å². The summed E-state index contributed by atoms with van der Waals surface area (Å²) in [4.78, 5) is 28.4. The number of hydrogen-bond donors (Lipinski definition) is 0. The molecule has 2 saturated heterocycles. The number of piperidine rings is 1. The summed E-state index contributed by atoms with van der Waals surface area (Å²) in [5.74, 6) is 0.647. The Balaban J connectivity index is 1.61. The number of fused-ring (bicyclic) bond motifs is 1. The van der Waals surface area contributed by atoms with Gasteiger partial charge >= 0.3 is 0 Å². The van der Waals surface area contributed by atoms with Crippen molar-refractivity contribution in [3.63, 3.8) is 0 Å². The number of amides is 2. The monoisotopic (exact) mass is 344 g/mol. The summed E-state index contributed by atoms with van der Waals surface area (Å²) in [6, 6.07) is 10.1. The van der Waals surface area contributed by atoms with Crippen LogP contribution in [0.1, 0.15) is 25.3 Å². The van der Waals surface area contributed by atoms with E-state index in [4.69, 9.17) is 4.74 Å². The molecule has 2 fully saturated rings. The summed E-state index contributed by atoms with van der Waals surface area (Å²) in [6.45, 7) is 5.28. The molecule has 0 saturated carbocycles. The van der Waals surface area contributed by atoms with E-state index in [1.54, 1.807) is 14.0 Å². The second-order valence-electron chi connectivity index (χ2n) is 7.47. The van der Waals surface area contributed by atoms with Gasteiger partial charge in [0.25, 0.3) is 0 Å². The summed E-state index contributed by atoms with van der Waals surface area (Å²) >= 11 is 0. The lowest BCUT2D eigenvalue weighted by Crippen LogP contribution is -2.50. The third-order valence-electron chi connectivity index (χ3n) is 5.83. The first kappa shape index (κ1) is 17.9. The van der Waals surface area contributed by atoms with E-state index in [9.17, 15) is 9.59 Å². The molecular weight excluding hydrogens is 316 g/mol. The summed E-state index contributed by atoms with van der Waals surface area (Å²) in [7, 11) is 1.72. The van der Waals surface area contributed by atoms with Crippen LogP contribution >= 0.6 is 0 Å². The summed E-state index contributed by atoms with van der Waals surface area (Å²) < 4.78 is 5.47. The van der Waals surface area contributed by atoms with Crippen molar-refractivity contribution in [2.75, 3.05) is 39.9 Å². The van der Waals surface area contributed by atoms with Crippen molar-refractivity contribution < 1.29 is 14.3 Å². The van der Waals surface area contributed by atoms with E-state index in [1.807, 2.05) is 28.0 Å². The summed E-state index contributed by atoms with van der Waals surface area (Å²) in [6.07, 6.45) is 2.24. The fourth-order valence-electron chi connectivity index (χ4n) is 4.33. The van der Waals surface area contributed by atoms with Crippen LogP contribution in [0.2, 0.25) is 0 Å². The Kier molecular flexibility index (Phi) is 5.42. The molecule has 5 heteroatoms.